The molecule has 1 saturated heterocycles. The van der Waals surface area contributed by atoms with Crippen LogP contribution in [-0.2, 0) is 22.7 Å². The number of alkyl halides is 5. The molecule has 3 rings (SSSR count). The maximum atomic E-state index is 12.7. The number of aliphatic hydroxyl groups is 2. The van der Waals surface area contributed by atoms with Gasteiger partial charge in [0.1, 0.15) is 18.3 Å². The molecule has 3 heterocycles. The van der Waals surface area contributed by atoms with Crippen molar-refractivity contribution in [1.29, 1.82) is 0 Å². The molecule has 1 fully saturated rings. The molecule has 0 spiro atoms. The molecule has 2 aromatic rings. The molecule has 2 aromatic heterocycles. The lowest BCUT2D eigenvalue weighted by atomic mass is 10.1. The van der Waals surface area contributed by atoms with E-state index < -0.39 is 63.2 Å². The van der Waals surface area contributed by atoms with Gasteiger partial charge in [0.15, 0.2) is 28.4 Å². The van der Waals surface area contributed by atoms with Crippen LogP contribution in [0, 0.1) is 0 Å². The molecule has 6 atom stereocenters. The monoisotopic (exact) mass is 709 g/mol. The number of hydrogen-bond donors (Lipinski definition) is 5. The van der Waals surface area contributed by atoms with Crippen LogP contribution < -0.4 is 5.32 Å². The van der Waals surface area contributed by atoms with Crippen molar-refractivity contribution in [2.75, 3.05) is 36.2 Å². The zero-order valence-electron chi connectivity index (χ0n) is 21.1. The van der Waals surface area contributed by atoms with E-state index in [0.29, 0.717) is 12.3 Å². The van der Waals surface area contributed by atoms with Crippen molar-refractivity contribution in [3.05, 3.63) is 6.33 Å². The van der Waals surface area contributed by atoms with Gasteiger partial charge in [-0.3, -0.25) is 13.7 Å². The standard InChI is InChI=1S/C18H26Cl2F3N5O9P2S2/c1-17(19,20)38(31,32)37-39(33,34)35-7-9-11(29)12(30)15(36-9)28-8-25-10-13(24-4-6-40-2)26-16(27-14(10)28)41-5-3-18(21,22)23/h8-9,11-12,15,29-30H,3-7H2,1-2H3,(H,31,32)(H,33,34)(H,24,26,27)/t9?,11-,12-,15-/m1/s1. The quantitative estimate of drug-likeness (QED) is 0.0625. The van der Waals surface area contributed by atoms with E-state index >= 15 is 0 Å². The van der Waals surface area contributed by atoms with Gasteiger partial charge in [0, 0.05) is 18.1 Å². The van der Waals surface area contributed by atoms with E-state index in [2.05, 4.69) is 29.1 Å². The molecule has 0 aromatic carbocycles. The molecule has 0 bridgehead atoms. The number of nitrogens with one attached hydrogen (secondary N) is 1. The molecule has 0 radical (unpaired) electrons. The van der Waals surface area contributed by atoms with E-state index in [0.717, 1.165) is 18.7 Å². The third-order valence-electron chi connectivity index (χ3n) is 5.34. The van der Waals surface area contributed by atoms with E-state index in [1.165, 1.54) is 22.7 Å². The lowest BCUT2D eigenvalue weighted by molar-refractivity contribution is -0.129. The lowest BCUT2D eigenvalue weighted by Crippen LogP contribution is -2.33. The maximum absolute atomic E-state index is 12.7. The second-order valence-corrected chi connectivity index (χ2v) is 16.6. The Labute approximate surface area is 249 Å². The first-order valence-electron chi connectivity index (χ1n) is 11.4. The van der Waals surface area contributed by atoms with Gasteiger partial charge in [-0.25, -0.2) is 23.8 Å². The topological polar surface area (TPSA) is 198 Å². The largest absolute Gasteiger partial charge is 0.479 e. The van der Waals surface area contributed by atoms with E-state index in [-0.39, 0.29) is 27.9 Å². The van der Waals surface area contributed by atoms with Gasteiger partial charge in [0.2, 0.25) is 4.07 Å². The molecule has 0 amide bonds. The highest BCUT2D eigenvalue weighted by molar-refractivity contribution is 7.99. The summed E-state index contributed by atoms with van der Waals surface area (Å²) in [5.41, 5.74) is 0.258. The average molecular weight is 710 g/mol. The number of ether oxygens (including phenoxy) is 1. The van der Waals surface area contributed by atoms with E-state index in [1.54, 1.807) is 0 Å². The van der Waals surface area contributed by atoms with Crippen LogP contribution in [0.1, 0.15) is 19.6 Å². The van der Waals surface area contributed by atoms with Crippen LogP contribution in [0.25, 0.3) is 11.2 Å². The summed E-state index contributed by atoms with van der Waals surface area (Å²) in [6, 6.07) is 0. The first-order valence-corrected chi connectivity index (χ1v) is 17.6. The molecule has 3 unspecified atom stereocenters. The van der Waals surface area contributed by atoms with Gasteiger partial charge in [-0.15, -0.1) is 0 Å². The number of imidazole rings is 1. The fourth-order valence-corrected chi connectivity index (χ4v) is 7.20. The lowest BCUT2D eigenvalue weighted by Gasteiger charge is -2.23. The van der Waals surface area contributed by atoms with Crippen molar-refractivity contribution in [3.63, 3.8) is 0 Å². The normalized spacial score (nSPS) is 24.9. The van der Waals surface area contributed by atoms with Crippen LogP contribution in [0.3, 0.4) is 0 Å². The van der Waals surface area contributed by atoms with Crippen LogP contribution in [0.5, 0.6) is 0 Å². The third kappa shape index (κ3) is 9.30. The number of anilines is 1. The van der Waals surface area contributed by atoms with Gasteiger partial charge in [-0.05, 0) is 13.2 Å². The second kappa shape index (κ2) is 13.7. The van der Waals surface area contributed by atoms with Crippen LogP contribution in [-0.4, -0.2) is 99.0 Å². The van der Waals surface area contributed by atoms with Gasteiger partial charge < -0.3 is 30.1 Å². The number of fused-ring (bicyclic) bond motifs is 1. The summed E-state index contributed by atoms with van der Waals surface area (Å²) in [6.07, 6.45) is -8.59. The van der Waals surface area contributed by atoms with Crippen LogP contribution in [0.2, 0.25) is 0 Å². The Morgan fingerprint density at radius 3 is 2.49 bits per heavy atom. The second-order valence-electron chi connectivity index (χ2n) is 8.57. The highest BCUT2D eigenvalue weighted by atomic mass is 35.5. The SMILES string of the molecule is CSCCNc1nc(SCCC(F)(F)F)nc2c1ncn2[C@@H]1OC(COP(=O)(O)OP(=O)(O)C(C)(Cl)Cl)[C@@H](O)[C@H]1O. The number of aromatic nitrogens is 4. The zero-order valence-corrected chi connectivity index (χ0v) is 26.1. The predicted molar refractivity (Wildman–Crippen MR) is 146 cm³/mol. The molecule has 1 aliphatic heterocycles. The summed E-state index contributed by atoms with van der Waals surface area (Å²) in [5.74, 6) is 0.549. The summed E-state index contributed by atoms with van der Waals surface area (Å²) in [7, 11) is -10.3. The van der Waals surface area contributed by atoms with Crippen molar-refractivity contribution in [2.24, 2.45) is 0 Å². The molecular formula is C18H26Cl2F3N5O9P2S2. The van der Waals surface area contributed by atoms with Crippen molar-refractivity contribution < 1.29 is 55.9 Å². The number of nitrogens with zero attached hydrogens (tertiary/aromatic N) is 4. The van der Waals surface area contributed by atoms with Crippen molar-refractivity contribution in [2.45, 2.75) is 53.3 Å². The first-order chi connectivity index (χ1) is 18.9. The number of halogens is 5. The van der Waals surface area contributed by atoms with E-state index in [9.17, 15) is 42.3 Å². The molecule has 14 nitrogen and oxygen atoms in total. The Morgan fingerprint density at radius 2 is 1.88 bits per heavy atom. The van der Waals surface area contributed by atoms with Gasteiger partial charge in [-0.2, -0.15) is 24.9 Å². The van der Waals surface area contributed by atoms with Crippen molar-refractivity contribution in [1.82, 2.24) is 19.5 Å². The van der Waals surface area contributed by atoms with E-state index in [4.69, 9.17) is 27.9 Å². The number of aliphatic hydroxyl groups excluding tert-OH is 2. The number of hydrogen-bond acceptors (Lipinski definition) is 13. The Morgan fingerprint density at radius 1 is 1.20 bits per heavy atom. The molecule has 0 saturated carbocycles. The smallest absolute Gasteiger partial charge is 0.387 e. The highest BCUT2D eigenvalue weighted by Gasteiger charge is 2.49. The molecule has 23 heteroatoms. The Bertz CT molecular complexity index is 1310. The number of phosphoric ester groups is 1. The number of thioether (sulfide) groups is 2. The van der Waals surface area contributed by atoms with Crippen molar-refractivity contribution in [3.8, 4) is 0 Å². The molecule has 41 heavy (non-hydrogen) atoms. The summed E-state index contributed by atoms with van der Waals surface area (Å²) in [5, 5.41) is 24.2. The molecular weight excluding hydrogens is 684 g/mol. The summed E-state index contributed by atoms with van der Waals surface area (Å²) in [6.45, 7) is 0.403. The minimum absolute atomic E-state index is 0.0135. The van der Waals surface area contributed by atoms with Gasteiger partial charge in [-0.1, -0.05) is 35.0 Å². The van der Waals surface area contributed by atoms with Gasteiger partial charge >= 0.3 is 21.6 Å². The molecule has 234 valence electrons. The number of phosphoric acid groups is 1. The fourth-order valence-electron chi connectivity index (χ4n) is 3.30. The minimum atomic E-state index is -5.27. The summed E-state index contributed by atoms with van der Waals surface area (Å²) >= 11 is 13.3. The maximum Gasteiger partial charge on any atom is 0.479 e. The van der Waals surface area contributed by atoms with Gasteiger partial charge in [0.25, 0.3) is 0 Å². The molecule has 1 aliphatic rings. The summed E-state index contributed by atoms with van der Waals surface area (Å²) < 4.78 is 75.4. The number of rotatable bonds is 14. The van der Waals surface area contributed by atoms with Crippen LogP contribution >= 0.6 is 62.1 Å². The Hall–Kier alpha value is -0.400. The fraction of sp³-hybridized carbons (Fsp3) is 0.722. The average Bonchev–Trinajstić information content (AvgIpc) is 3.36. The third-order valence-corrected chi connectivity index (χ3v) is 11.3. The minimum Gasteiger partial charge on any atom is -0.387 e. The molecule has 5 N–H and O–H groups in total. The Kier molecular flexibility index (Phi) is 11.7. The predicted octanol–water partition coefficient (Wildman–Crippen LogP) is 3.74. The Balaban J connectivity index is 1.82. The first kappa shape index (κ1) is 35.1. The van der Waals surface area contributed by atoms with Crippen LogP contribution in [0.4, 0.5) is 19.0 Å². The summed E-state index contributed by atoms with van der Waals surface area (Å²) in [4.78, 5) is 32.3. The molecule has 0 aliphatic carbocycles. The highest BCUT2D eigenvalue weighted by Crippen LogP contribution is 2.69. The van der Waals surface area contributed by atoms with E-state index in [1.807, 2.05) is 6.26 Å². The van der Waals surface area contributed by atoms with Crippen molar-refractivity contribution >= 4 is 79.1 Å². The van der Waals surface area contributed by atoms with Crippen LogP contribution in [0.15, 0.2) is 11.5 Å². The zero-order chi connectivity index (χ0) is 30.8. The van der Waals surface area contributed by atoms with Gasteiger partial charge in [0.05, 0.1) is 19.4 Å².